The van der Waals surface area contributed by atoms with Gasteiger partial charge in [0.15, 0.2) is 18.1 Å². The maximum Gasteiger partial charge on any atom is 0.351 e. The quantitative estimate of drug-likeness (QED) is 0.835. The number of carbonyl (C=O) groups excluding carboxylic acids is 2. The Balaban J connectivity index is 1.55. The summed E-state index contributed by atoms with van der Waals surface area (Å²) in [6, 6.07) is 12.9. The summed E-state index contributed by atoms with van der Waals surface area (Å²) in [4.78, 5) is 24.3. The molecule has 0 saturated carbocycles. The van der Waals surface area contributed by atoms with Crippen LogP contribution in [0.5, 0.6) is 11.5 Å². The summed E-state index contributed by atoms with van der Waals surface area (Å²) < 4.78 is 16.1. The normalized spacial score (nSPS) is 15.2. The molecule has 2 aromatic rings. The number of amides is 1. The number of para-hydroxylation sites is 3. The monoisotopic (exact) mass is 355 g/mol. The van der Waals surface area contributed by atoms with Crippen LogP contribution in [0.15, 0.2) is 42.5 Å². The Morgan fingerprint density at radius 3 is 2.69 bits per heavy atom. The molecule has 0 fully saturated rings. The third kappa shape index (κ3) is 3.96. The van der Waals surface area contributed by atoms with E-state index in [1.807, 2.05) is 38.1 Å². The van der Waals surface area contributed by atoms with Gasteiger partial charge in [-0.2, -0.15) is 0 Å². The molecule has 1 aliphatic heterocycles. The number of benzene rings is 2. The predicted molar refractivity (Wildman–Crippen MR) is 96.5 cm³/mol. The fraction of sp³-hybridized carbons (Fsp3) is 0.300. The van der Waals surface area contributed by atoms with Crippen molar-refractivity contribution in [2.45, 2.75) is 26.4 Å². The van der Waals surface area contributed by atoms with Crippen molar-refractivity contribution < 1.29 is 23.8 Å². The molecule has 0 saturated heterocycles. The van der Waals surface area contributed by atoms with Crippen LogP contribution >= 0.6 is 0 Å². The molecule has 1 amide bonds. The molecule has 26 heavy (non-hydrogen) atoms. The van der Waals surface area contributed by atoms with Crippen molar-refractivity contribution in [3.63, 3.8) is 0 Å². The summed E-state index contributed by atoms with van der Waals surface area (Å²) in [5, 5.41) is 2.82. The molecular weight excluding hydrogens is 334 g/mol. The molecule has 0 bridgehead atoms. The maximum absolute atomic E-state index is 12.2. The Morgan fingerprint density at radius 1 is 1.15 bits per heavy atom. The van der Waals surface area contributed by atoms with Crippen LogP contribution in [0.4, 0.5) is 5.69 Å². The first-order valence-corrected chi connectivity index (χ1v) is 8.52. The molecule has 2 aromatic carbocycles. The molecule has 6 nitrogen and oxygen atoms in total. The van der Waals surface area contributed by atoms with E-state index >= 15 is 0 Å². The van der Waals surface area contributed by atoms with Gasteiger partial charge in [-0.25, -0.2) is 4.79 Å². The first-order valence-electron chi connectivity index (χ1n) is 8.52. The number of esters is 1. The van der Waals surface area contributed by atoms with Crippen molar-refractivity contribution in [1.29, 1.82) is 0 Å². The lowest BCUT2D eigenvalue weighted by Gasteiger charge is -2.24. The van der Waals surface area contributed by atoms with E-state index in [2.05, 4.69) is 5.32 Å². The van der Waals surface area contributed by atoms with Crippen LogP contribution in [0.2, 0.25) is 0 Å². The van der Waals surface area contributed by atoms with E-state index in [1.165, 1.54) is 0 Å². The Hall–Kier alpha value is -3.02. The first kappa shape index (κ1) is 17.8. The van der Waals surface area contributed by atoms with Gasteiger partial charge >= 0.3 is 5.97 Å². The summed E-state index contributed by atoms with van der Waals surface area (Å²) in [7, 11) is 0. The number of hydrogen-bond donors (Lipinski definition) is 1. The van der Waals surface area contributed by atoms with Gasteiger partial charge in [0.1, 0.15) is 6.61 Å². The Bertz CT molecular complexity index is 818. The van der Waals surface area contributed by atoms with Crippen LogP contribution in [0.25, 0.3) is 0 Å². The van der Waals surface area contributed by atoms with Crippen molar-refractivity contribution in [2.75, 3.05) is 18.5 Å². The highest BCUT2D eigenvalue weighted by molar-refractivity contribution is 5.94. The number of nitrogens with one attached hydrogen (secondary N) is 1. The zero-order chi connectivity index (χ0) is 18.5. The van der Waals surface area contributed by atoms with Gasteiger partial charge in [-0.3, -0.25) is 4.79 Å². The highest BCUT2D eigenvalue weighted by atomic mass is 16.6. The van der Waals surface area contributed by atoms with Gasteiger partial charge in [-0.05, 0) is 36.6 Å². The van der Waals surface area contributed by atoms with Crippen LogP contribution < -0.4 is 14.8 Å². The number of hydrogen-bond acceptors (Lipinski definition) is 5. The molecule has 0 radical (unpaired) electrons. The van der Waals surface area contributed by atoms with Gasteiger partial charge in [0.05, 0.1) is 0 Å². The largest absolute Gasteiger partial charge is 0.485 e. The van der Waals surface area contributed by atoms with Gasteiger partial charge in [0.2, 0.25) is 6.10 Å². The van der Waals surface area contributed by atoms with Crippen LogP contribution in [0.1, 0.15) is 18.1 Å². The molecule has 1 aliphatic rings. The molecule has 6 heteroatoms. The second-order valence-electron chi connectivity index (χ2n) is 5.98. The lowest BCUT2D eigenvalue weighted by molar-refractivity contribution is -0.156. The van der Waals surface area contributed by atoms with Crippen molar-refractivity contribution in [1.82, 2.24) is 0 Å². The van der Waals surface area contributed by atoms with Gasteiger partial charge in [0.25, 0.3) is 5.91 Å². The summed E-state index contributed by atoms with van der Waals surface area (Å²) in [5.41, 5.74) is 2.76. The van der Waals surface area contributed by atoms with Gasteiger partial charge in [-0.1, -0.05) is 37.3 Å². The van der Waals surface area contributed by atoms with Gasteiger partial charge < -0.3 is 19.5 Å². The third-order valence-electron chi connectivity index (χ3n) is 4.12. The lowest BCUT2D eigenvalue weighted by Crippen LogP contribution is -2.39. The molecule has 1 atom stereocenters. The van der Waals surface area contributed by atoms with Crippen LogP contribution in [0, 0.1) is 6.92 Å². The first-order chi connectivity index (χ1) is 12.6. The molecule has 3 rings (SSSR count). The van der Waals surface area contributed by atoms with E-state index < -0.39 is 12.1 Å². The zero-order valence-corrected chi connectivity index (χ0v) is 14.8. The number of anilines is 1. The van der Waals surface area contributed by atoms with Crippen molar-refractivity contribution in [3.8, 4) is 11.5 Å². The number of ether oxygens (including phenoxy) is 3. The SMILES string of the molecule is CCc1cccc(C)c1NC(=O)COC(=O)[C@@H]1COc2ccccc2O1. The Labute approximate surface area is 152 Å². The lowest BCUT2D eigenvalue weighted by atomic mass is 10.1. The van der Waals surface area contributed by atoms with Crippen molar-refractivity contribution >= 4 is 17.6 Å². The summed E-state index contributed by atoms with van der Waals surface area (Å²) in [6.45, 7) is 3.61. The third-order valence-corrected chi connectivity index (χ3v) is 4.12. The second-order valence-corrected chi connectivity index (χ2v) is 5.98. The zero-order valence-electron chi connectivity index (χ0n) is 14.8. The molecular formula is C20H21NO5. The highest BCUT2D eigenvalue weighted by Crippen LogP contribution is 2.31. The van der Waals surface area contributed by atoms with Gasteiger partial charge in [-0.15, -0.1) is 0 Å². The molecule has 0 aliphatic carbocycles. The minimum Gasteiger partial charge on any atom is -0.485 e. The number of aryl methyl sites for hydroxylation is 2. The van der Waals surface area contributed by atoms with E-state index in [0.717, 1.165) is 23.2 Å². The summed E-state index contributed by atoms with van der Waals surface area (Å²) in [5.74, 6) is 0.0493. The van der Waals surface area contributed by atoms with Gasteiger partial charge in [0, 0.05) is 5.69 Å². The van der Waals surface area contributed by atoms with E-state index in [0.29, 0.717) is 11.5 Å². The highest BCUT2D eigenvalue weighted by Gasteiger charge is 2.29. The smallest absolute Gasteiger partial charge is 0.351 e. The molecule has 1 N–H and O–H groups in total. The number of fused-ring (bicyclic) bond motifs is 1. The summed E-state index contributed by atoms with van der Waals surface area (Å²) in [6.07, 6.45) is -0.0913. The average molecular weight is 355 g/mol. The van der Waals surface area contributed by atoms with Crippen LogP contribution in [-0.4, -0.2) is 31.2 Å². The second kappa shape index (κ2) is 7.91. The fourth-order valence-corrected chi connectivity index (χ4v) is 2.74. The number of carbonyl (C=O) groups is 2. The fourth-order valence-electron chi connectivity index (χ4n) is 2.74. The van der Waals surface area contributed by atoms with Crippen molar-refractivity contribution in [2.24, 2.45) is 0 Å². The average Bonchev–Trinajstić information content (AvgIpc) is 2.67. The molecule has 0 unspecified atom stereocenters. The van der Waals surface area contributed by atoms with E-state index in [4.69, 9.17) is 14.2 Å². The van der Waals surface area contributed by atoms with E-state index in [1.54, 1.807) is 18.2 Å². The molecule has 0 aromatic heterocycles. The minimum atomic E-state index is -0.887. The standard InChI is InChI=1S/C20H21NO5/c1-3-14-8-6-7-13(2)19(14)21-18(22)12-25-20(23)17-11-24-15-9-4-5-10-16(15)26-17/h4-10,17H,3,11-12H2,1-2H3,(H,21,22)/t17-/m0/s1. The Kier molecular flexibility index (Phi) is 5.41. The number of rotatable bonds is 5. The maximum atomic E-state index is 12.2. The predicted octanol–water partition coefficient (Wildman–Crippen LogP) is 2.88. The van der Waals surface area contributed by atoms with E-state index in [9.17, 15) is 9.59 Å². The topological polar surface area (TPSA) is 73.9 Å². The van der Waals surface area contributed by atoms with Crippen LogP contribution in [-0.2, 0) is 20.7 Å². The van der Waals surface area contributed by atoms with Crippen molar-refractivity contribution in [3.05, 3.63) is 53.6 Å². The molecule has 136 valence electrons. The Morgan fingerprint density at radius 2 is 1.92 bits per heavy atom. The molecule has 0 spiro atoms. The summed E-state index contributed by atoms with van der Waals surface area (Å²) >= 11 is 0. The van der Waals surface area contributed by atoms with E-state index in [-0.39, 0.29) is 19.1 Å². The minimum absolute atomic E-state index is 0.0508. The molecule has 1 heterocycles. The van der Waals surface area contributed by atoms with Crippen LogP contribution in [0.3, 0.4) is 0 Å².